The Morgan fingerprint density at radius 1 is 1.19 bits per heavy atom. The molecule has 1 unspecified atom stereocenters. The van der Waals surface area contributed by atoms with Crippen LogP contribution >= 0.6 is 0 Å². The first-order valence-corrected chi connectivity index (χ1v) is 7.42. The van der Waals surface area contributed by atoms with Gasteiger partial charge in [-0.1, -0.05) is 43.2 Å². The minimum atomic E-state index is -0.794. The summed E-state index contributed by atoms with van der Waals surface area (Å²) in [6, 6.07) is 8.37. The zero-order valence-electron chi connectivity index (χ0n) is 11.8. The van der Waals surface area contributed by atoms with Crippen LogP contribution in [0.2, 0.25) is 0 Å². The summed E-state index contributed by atoms with van der Waals surface area (Å²) in [5.41, 5.74) is -0.0676. The zero-order valence-corrected chi connectivity index (χ0v) is 11.8. The van der Waals surface area contributed by atoms with E-state index < -0.39 is 18.3 Å². The summed E-state index contributed by atoms with van der Waals surface area (Å²) in [5.74, 6) is -0.331. The molecule has 1 atom stereocenters. The van der Waals surface area contributed by atoms with Crippen LogP contribution in [0.3, 0.4) is 0 Å². The van der Waals surface area contributed by atoms with E-state index in [1.807, 2.05) is 18.2 Å². The van der Waals surface area contributed by atoms with Crippen molar-refractivity contribution in [3.8, 4) is 0 Å². The Morgan fingerprint density at radius 3 is 2.48 bits per heavy atom. The Balaban J connectivity index is 1.97. The van der Waals surface area contributed by atoms with Crippen molar-refractivity contribution in [2.45, 2.75) is 37.3 Å². The fourth-order valence-electron chi connectivity index (χ4n) is 3.50. The van der Waals surface area contributed by atoms with E-state index >= 15 is 0 Å². The van der Waals surface area contributed by atoms with Crippen LogP contribution in [0.15, 0.2) is 30.3 Å². The van der Waals surface area contributed by atoms with Crippen LogP contribution < -0.4 is 5.32 Å². The molecule has 1 aliphatic carbocycles. The highest BCUT2D eigenvalue weighted by Crippen LogP contribution is 2.38. The minimum absolute atomic E-state index is 0.0342. The number of alkyl halides is 1. The third-order valence-electron chi connectivity index (χ3n) is 4.49. The first-order chi connectivity index (χ1) is 10.2. The molecular weight excluding hydrogens is 271 g/mol. The number of hydrogen-bond donors (Lipinski definition) is 1. The second-order valence-electron chi connectivity index (χ2n) is 5.78. The average Bonchev–Trinajstić information content (AvgIpc) is 2.95. The van der Waals surface area contributed by atoms with Gasteiger partial charge in [-0.2, -0.15) is 0 Å². The number of carbonyl (C=O) groups is 2. The number of carbonyl (C=O) groups excluding carboxylic acids is 2. The van der Waals surface area contributed by atoms with Crippen molar-refractivity contribution < 1.29 is 14.0 Å². The standard InChI is InChI=1S/C16H19FN2O2/c17-10-11-19-13(12-6-2-1-3-7-12)14(20)18-16(15(19)21)8-4-5-9-16/h1-3,6-7,13H,4-5,8-11H2,(H,18,20). The summed E-state index contributed by atoms with van der Waals surface area (Å²) in [7, 11) is 0. The summed E-state index contributed by atoms with van der Waals surface area (Å²) < 4.78 is 12.9. The first-order valence-electron chi connectivity index (χ1n) is 7.42. The van der Waals surface area contributed by atoms with Crippen molar-refractivity contribution in [2.75, 3.05) is 13.2 Å². The molecular formula is C16H19FN2O2. The summed E-state index contributed by atoms with van der Waals surface area (Å²) in [4.78, 5) is 26.8. The zero-order chi connectivity index (χ0) is 14.9. The molecule has 3 rings (SSSR count). The second-order valence-corrected chi connectivity index (χ2v) is 5.78. The maximum atomic E-state index is 12.9. The lowest BCUT2D eigenvalue weighted by Crippen LogP contribution is -2.66. The highest BCUT2D eigenvalue weighted by molar-refractivity contribution is 6.00. The molecule has 1 saturated carbocycles. The van der Waals surface area contributed by atoms with Gasteiger partial charge < -0.3 is 10.2 Å². The summed E-state index contributed by atoms with van der Waals surface area (Å²) in [5, 5.41) is 2.93. The van der Waals surface area contributed by atoms with E-state index in [2.05, 4.69) is 5.32 Å². The molecule has 1 aliphatic heterocycles. The Bertz CT molecular complexity index is 540. The van der Waals surface area contributed by atoms with Gasteiger partial charge in [0, 0.05) is 0 Å². The molecule has 1 aromatic carbocycles. The van der Waals surface area contributed by atoms with Gasteiger partial charge in [-0.25, -0.2) is 4.39 Å². The Labute approximate surface area is 123 Å². The lowest BCUT2D eigenvalue weighted by atomic mass is 9.88. The van der Waals surface area contributed by atoms with Crippen molar-refractivity contribution in [3.05, 3.63) is 35.9 Å². The van der Waals surface area contributed by atoms with Crippen LogP contribution in [-0.2, 0) is 9.59 Å². The van der Waals surface area contributed by atoms with Crippen LogP contribution in [0.25, 0.3) is 0 Å². The van der Waals surface area contributed by atoms with Gasteiger partial charge in [0.2, 0.25) is 11.8 Å². The first kappa shape index (κ1) is 14.0. The van der Waals surface area contributed by atoms with Crippen LogP contribution in [0.5, 0.6) is 0 Å². The lowest BCUT2D eigenvalue weighted by Gasteiger charge is -2.44. The molecule has 0 radical (unpaired) electrons. The van der Waals surface area contributed by atoms with E-state index in [1.54, 1.807) is 12.1 Å². The van der Waals surface area contributed by atoms with Gasteiger partial charge in [0.05, 0.1) is 6.54 Å². The van der Waals surface area contributed by atoms with Crippen molar-refractivity contribution >= 4 is 11.8 Å². The number of rotatable bonds is 3. The maximum absolute atomic E-state index is 12.9. The molecule has 2 fully saturated rings. The molecule has 21 heavy (non-hydrogen) atoms. The molecule has 1 aromatic rings. The molecule has 112 valence electrons. The van der Waals surface area contributed by atoms with E-state index in [4.69, 9.17) is 0 Å². The topological polar surface area (TPSA) is 49.4 Å². The van der Waals surface area contributed by atoms with Gasteiger partial charge in [0.25, 0.3) is 0 Å². The number of amides is 2. The Morgan fingerprint density at radius 2 is 1.86 bits per heavy atom. The van der Waals surface area contributed by atoms with Crippen LogP contribution in [0, 0.1) is 0 Å². The molecule has 2 aliphatic rings. The van der Waals surface area contributed by atoms with Crippen LogP contribution in [-0.4, -0.2) is 35.5 Å². The average molecular weight is 290 g/mol. The van der Waals surface area contributed by atoms with Crippen LogP contribution in [0.4, 0.5) is 4.39 Å². The van der Waals surface area contributed by atoms with E-state index in [0.717, 1.165) is 18.4 Å². The summed E-state index contributed by atoms with van der Waals surface area (Å²) in [6.07, 6.45) is 3.15. The minimum Gasteiger partial charge on any atom is -0.340 e. The van der Waals surface area contributed by atoms with Gasteiger partial charge in [-0.05, 0) is 18.4 Å². The number of nitrogens with one attached hydrogen (secondary N) is 1. The summed E-state index contributed by atoms with van der Waals surface area (Å²) >= 11 is 0. The Hall–Kier alpha value is -1.91. The van der Waals surface area contributed by atoms with Gasteiger partial charge in [0.1, 0.15) is 18.3 Å². The van der Waals surface area contributed by atoms with Crippen molar-refractivity contribution in [1.82, 2.24) is 10.2 Å². The van der Waals surface area contributed by atoms with E-state index in [-0.39, 0.29) is 18.4 Å². The van der Waals surface area contributed by atoms with Crippen molar-refractivity contribution in [2.24, 2.45) is 0 Å². The normalized spacial score (nSPS) is 24.4. The number of halogens is 1. The SMILES string of the molecule is O=C1NC2(CCCC2)C(=O)N(CCF)C1c1ccccc1. The molecule has 0 aromatic heterocycles. The lowest BCUT2D eigenvalue weighted by molar-refractivity contribution is -0.155. The molecule has 1 spiro atoms. The Kier molecular flexibility index (Phi) is 3.66. The monoisotopic (exact) mass is 290 g/mol. The smallest absolute Gasteiger partial charge is 0.249 e. The van der Waals surface area contributed by atoms with E-state index in [0.29, 0.717) is 12.8 Å². The van der Waals surface area contributed by atoms with Gasteiger partial charge >= 0.3 is 0 Å². The number of benzene rings is 1. The molecule has 4 nitrogen and oxygen atoms in total. The quantitative estimate of drug-likeness (QED) is 0.925. The maximum Gasteiger partial charge on any atom is 0.249 e. The molecule has 1 saturated heterocycles. The van der Waals surface area contributed by atoms with Crippen LogP contribution in [0.1, 0.15) is 37.3 Å². The molecule has 1 N–H and O–H groups in total. The largest absolute Gasteiger partial charge is 0.340 e. The van der Waals surface area contributed by atoms with Crippen molar-refractivity contribution in [3.63, 3.8) is 0 Å². The van der Waals surface area contributed by atoms with E-state index in [9.17, 15) is 14.0 Å². The van der Waals surface area contributed by atoms with Gasteiger partial charge in [0.15, 0.2) is 0 Å². The van der Waals surface area contributed by atoms with Gasteiger partial charge in [-0.3, -0.25) is 9.59 Å². The fourth-order valence-corrected chi connectivity index (χ4v) is 3.50. The summed E-state index contributed by atoms with van der Waals surface area (Å²) in [6.45, 7) is -0.675. The molecule has 2 amide bonds. The predicted octanol–water partition coefficient (Wildman–Crippen LogP) is 1.97. The molecule has 5 heteroatoms. The predicted molar refractivity (Wildman–Crippen MR) is 76.2 cm³/mol. The van der Waals surface area contributed by atoms with Crippen molar-refractivity contribution in [1.29, 1.82) is 0 Å². The number of nitrogens with zero attached hydrogens (tertiary/aromatic N) is 1. The molecule has 1 heterocycles. The van der Waals surface area contributed by atoms with E-state index in [1.165, 1.54) is 4.90 Å². The second kappa shape index (κ2) is 5.47. The number of hydrogen-bond acceptors (Lipinski definition) is 2. The highest BCUT2D eigenvalue weighted by atomic mass is 19.1. The molecule has 0 bridgehead atoms. The third kappa shape index (κ3) is 2.30. The number of piperazine rings is 1. The third-order valence-corrected chi connectivity index (χ3v) is 4.49. The van der Waals surface area contributed by atoms with Gasteiger partial charge in [-0.15, -0.1) is 0 Å². The highest BCUT2D eigenvalue weighted by Gasteiger charge is 2.52. The fraction of sp³-hybridized carbons (Fsp3) is 0.500.